The first kappa shape index (κ1) is 14.9. The van der Waals surface area contributed by atoms with Gasteiger partial charge in [0.2, 0.25) is 5.88 Å². The van der Waals surface area contributed by atoms with E-state index in [4.69, 9.17) is 14.0 Å². The van der Waals surface area contributed by atoms with E-state index < -0.39 is 18.3 Å². The van der Waals surface area contributed by atoms with Crippen molar-refractivity contribution in [2.24, 2.45) is 0 Å². The Kier molecular flexibility index (Phi) is 3.39. The van der Waals surface area contributed by atoms with Crippen molar-refractivity contribution in [2.75, 3.05) is 11.9 Å². The minimum atomic E-state index is -0.591. The van der Waals surface area contributed by atoms with Gasteiger partial charge in [0.25, 0.3) is 5.91 Å². The van der Waals surface area contributed by atoms with E-state index in [1.165, 1.54) is 0 Å². The van der Waals surface area contributed by atoms with Gasteiger partial charge in [-0.25, -0.2) is 4.98 Å². The average molecular weight is 300 g/mol. The topological polar surface area (TPSA) is 69.7 Å². The zero-order valence-corrected chi connectivity index (χ0v) is 13.0. The van der Waals surface area contributed by atoms with Crippen LogP contribution in [0.15, 0.2) is 12.3 Å². The molecule has 7 heteroatoms. The van der Waals surface area contributed by atoms with Crippen molar-refractivity contribution >= 4 is 18.7 Å². The Morgan fingerprint density at radius 1 is 1.27 bits per heavy atom. The van der Waals surface area contributed by atoms with Gasteiger partial charge in [0.05, 0.1) is 11.2 Å². The third-order valence-corrected chi connectivity index (χ3v) is 4.05. The molecule has 2 aliphatic heterocycles. The summed E-state index contributed by atoms with van der Waals surface area (Å²) in [4.78, 5) is 15.4. The standard InChI is InChI=1S/C15H17BN2O4/c1-14(2)15(3,4)22-16(21-14)6-5-10-7-11-13(17-8-10)20-9-12(19)18-11/h7-8H,9H2,1-4H3,(H,18,19). The third-order valence-electron chi connectivity index (χ3n) is 4.05. The molecule has 0 radical (unpaired) electrons. The molecule has 0 unspecified atom stereocenters. The van der Waals surface area contributed by atoms with Crippen molar-refractivity contribution in [3.8, 4) is 17.6 Å². The Balaban J connectivity index is 1.78. The highest BCUT2D eigenvalue weighted by Crippen LogP contribution is 2.36. The van der Waals surface area contributed by atoms with Crippen molar-refractivity contribution in [3.05, 3.63) is 17.8 Å². The number of pyridine rings is 1. The van der Waals surface area contributed by atoms with E-state index in [0.29, 0.717) is 17.1 Å². The van der Waals surface area contributed by atoms with Gasteiger partial charge in [-0.15, -0.1) is 0 Å². The molecule has 1 amide bonds. The van der Waals surface area contributed by atoms with Crippen LogP contribution in [-0.4, -0.2) is 35.8 Å². The number of nitrogens with one attached hydrogen (secondary N) is 1. The van der Waals surface area contributed by atoms with E-state index >= 15 is 0 Å². The van der Waals surface area contributed by atoms with Gasteiger partial charge < -0.3 is 19.4 Å². The first-order chi connectivity index (χ1) is 10.3. The van der Waals surface area contributed by atoms with Crippen LogP contribution in [0.1, 0.15) is 33.3 Å². The molecule has 1 aromatic heterocycles. The molecule has 1 fully saturated rings. The number of carbonyl (C=O) groups is 1. The number of ether oxygens (including phenoxy) is 1. The predicted octanol–water partition coefficient (Wildman–Crippen LogP) is 1.40. The van der Waals surface area contributed by atoms with Gasteiger partial charge in [-0.2, -0.15) is 0 Å². The second-order valence-corrected chi connectivity index (χ2v) is 6.27. The zero-order valence-electron chi connectivity index (χ0n) is 13.0. The summed E-state index contributed by atoms with van der Waals surface area (Å²) >= 11 is 0. The molecule has 1 saturated heterocycles. The fourth-order valence-electron chi connectivity index (χ4n) is 2.09. The lowest BCUT2D eigenvalue weighted by Crippen LogP contribution is -2.41. The van der Waals surface area contributed by atoms with E-state index in [1.54, 1.807) is 12.3 Å². The lowest BCUT2D eigenvalue weighted by Gasteiger charge is -2.32. The molecule has 3 heterocycles. The first-order valence-corrected chi connectivity index (χ1v) is 7.07. The summed E-state index contributed by atoms with van der Waals surface area (Å²) in [5.41, 5.74) is 0.348. The number of anilines is 1. The lowest BCUT2D eigenvalue weighted by molar-refractivity contribution is -0.118. The zero-order chi connectivity index (χ0) is 16.0. The van der Waals surface area contributed by atoms with Crippen LogP contribution < -0.4 is 10.1 Å². The molecule has 1 N–H and O–H groups in total. The third kappa shape index (κ3) is 2.67. The summed E-state index contributed by atoms with van der Waals surface area (Å²) in [6.07, 6.45) is 1.59. The van der Waals surface area contributed by atoms with E-state index in [1.807, 2.05) is 27.7 Å². The molecule has 114 valence electrons. The number of fused-ring (bicyclic) bond motifs is 1. The van der Waals surface area contributed by atoms with Crippen molar-refractivity contribution in [1.29, 1.82) is 0 Å². The van der Waals surface area contributed by atoms with Gasteiger partial charge in [0.15, 0.2) is 6.61 Å². The van der Waals surface area contributed by atoms with Crippen LogP contribution in [0.4, 0.5) is 5.69 Å². The highest BCUT2D eigenvalue weighted by Gasteiger charge is 2.50. The van der Waals surface area contributed by atoms with Crippen LogP contribution in [0, 0.1) is 11.7 Å². The molecular weight excluding hydrogens is 283 g/mol. The molecule has 0 atom stereocenters. The highest BCUT2D eigenvalue weighted by molar-refractivity contribution is 6.55. The Hall–Kier alpha value is -2.04. The number of hydrogen-bond donors (Lipinski definition) is 1. The van der Waals surface area contributed by atoms with Crippen molar-refractivity contribution in [1.82, 2.24) is 4.98 Å². The van der Waals surface area contributed by atoms with E-state index in [9.17, 15) is 4.79 Å². The van der Waals surface area contributed by atoms with Crippen LogP contribution in [0.2, 0.25) is 0 Å². The number of aromatic nitrogens is 1. The fraction of sp³-hybridized carbons (Fsp3) is 0.467. The van der Waals surface area contributed by atoms with E-state index in [2.05, 4.69) is 22.0 Å². The summed E-state index contributed by atoms with van der Waals surface area (Å²) in [6, 6.07) is 1.72. The summed E-state index contributed by atoms with van der Waals surface area (Å²) in [5, 5.41) is 2.70. The van der Waals surface area contributed by atoms with Gasteiger partial charge in [0.1, 0.15) is 5.69 Å². The number of carbonyl (C=O) groups excluding carboxylic acids is 1. The molecule has 0 aliphatic carbocycles. The summed E-state index contributed by atoms with van der Waals surface area (Å²) < 4.78 is 16.8. The lowest BCUT2D eigenvalue weighted by atomic mass is 9.90. The maximum atomic E-state index is 11.3. The van der Waals surface area contributed by atoms with Crippen LogP contribution in [0.25, 0.3) is 0 Å². The maximum Gasteiger partial charge on any atom is 0.551 e. The largest absolute Gasteiger partial charge is 0.551 e. The second kappa shape index (κ2) is 5.01. The highest BCUT2D eigenvalue weighted by atomic mass is 16.7. The molecule has 1 aromatic rings. The maximum absolute atomic E-state index is 11.3. The second-order valence-electron chi connectivity index (χ2n) is 6.27. The Labute approximate surface area is 129 Å². The Bertz CT molecular complexity index is 675. The van der Waals surface area contributed by atoms with Gasteiger partial charge in [0, 0.05) is 11.8 Å². The molecule has 0 spiro atoms. The van der Waals surface area contributed by atoms with E-state index in [0.717, 1.165) is 0 Å². The van der Waals surface area contributed by atoms with Crippen LogP contribution in [-0.2, 0) is 14.1 Å². The number of amides is 1. The van der Waals surface area contributed by atoms with Gasteiger partial charge in [-0.1, -0.05) is 11.7 Å². The summed E-state index contributed by atoms with van der Waals surface area (Å²) in [7, 11) is -0.591. The molecule has 2 aliphatic rings. The van der Waals surface area contributed by atoms with Crippen molar-refractivity contribution in [3.63, 3.8) is 0 Å². The van der Waals surface area contributed by atoms with Crippen molar-refractivity contribution < 1.29 is 18.8 Å². The minimum Gasteiger partial charge on any atom is -0.466 e. The van der Waals surface area contributed by atoms with Crippen LogP contribution >= 0.6 is 0 Å². The smallest absolute Gasteiger partial charge is 0.466 e. The number of nitrogens with zero attached hydrogens (tertiary/aromatic N) is 1. The molecular formula is C15H17BN2O4. The summed E-state index contributed by atoms with van der Waals surface area (Å²) in [6.45, 7) is 7.88. The minimum absolute atomic E-state index is 0.0149. The van der Waals surface area contributed by atoms with Gasteiger partial charge in [-0.05, 0) is 33.8 Å². The summed E-state index contributed by atoms with van der Waals surface area (Å²) in [5.74, 6) is 6.10. The Morgan fingerprint density at radius 3 is 2.64 bits per heavy atom. The molecule has 0 saturated carbocycles. The SMILES string of the molecule is CC1(C)OB(C#Cc2cnc3c(c2)NC(=O)CO3)OC1(C)C. The molecule has 22 heavy (non-hydrogen) atoms. The number of rotatable bonds is 0. The quantitative estimate of drug-likeness (QED) is 0.579. The molecule has 0 bridgehead atoms. The van der Waals surface area contributed by atoms with E-state index in [-0.39, 0.29) is 12.5 Å². The van der Waals surface area contributed by atoms with Gasteiger partial charge in [-0.3, -0.25) is 4.79 Å². The van der Waals surface area contributed by atoms with Crippen LogP contribution in [0.3, 0.4) is 0 Å². The van der Waals surface area contributed by atoms with Crippen molar-refractivity contribution in [2.45, 2.75) is 38.9 Å². The fourth-order valence-corrected chi connectivity index (χ4v) is 2.09. The normalized spacial score (nSPS) is 21.3. The molecule has 6 nitrogen and oxygen atoms in total. The predicted molar refractivity (Wildman–Crippen MR) is 81.3 cm³/mol. The molecule has 3 rings (SSSR count). The Morgan fingerprint density at radius 2 is 1.95 bits per heavy atom. The first-order valence-electron chi connectivity index (χ1n) is 7.07. The molecule has 0 aromatic carbocycles. The van der Waals surface area contributed by atoms with Crippen LogP contribution in [0.5, 0.6) is 5.88 Å². The average Bonchev–Trinajstić information content (AvgIpc) is 2.64. The monoisotopic (exact) mass is 300 g/mol. The van der Waals surface area contributed by atoms with Gasteiger partial charge >= 0.3 is 7.12 Å². The number of hydrogen-bond acceptors (Lipinski definition) is 5.